The number of hydrogen-bond acceptors (Lipinski definition) is 2. The average molecular weight is 229 g/mol. The van der Waals surface area contributed by atoms with Gasteiger partial charge in [0.1, 0.15) is 0 Å². The van der Waals surface area contributed by atoms with E-state index < -0.39 is 0 Å². The van der Waals surface area contributed by atoms with Gasteiger partial charge < -0.3 is 10.5 Å². The fraction of sp³-hybridized carbons (Fsp3) is 1.00. The molecule has 1 atom stereocenters. The predicted molar refractivity (Wildman–Crippen MR) is 71.6 cm³/mol. The van der Waals surface area contributed by atoms with Crippen LogP contribution >= 0.6 is 0 Å². The second kappa shape index (κ2) is 7.29. The molecule has 0 rings (SSSR count). The minimum Gasteiger partial charge on any atom is -0.379 e. The van der Waals surface area contributed by atoms with Crippen molar-refractivity contribution in [3.63, 3.8) is 0 Å². The van der Waals surface area contributed by atoms with Gasteiger partial charge >= 0.3 is 0 Å². The highest BCUT2D eigenvalue weighted by molar-refractivity contribution is 4.82. The molecule has 1 unspecified atom stereocenters. The largest absolute Gasteiger partial charge is 0.379 e. The monoisotopic (exact) mass is 229 g/mol. The highest BCUT2D eigenvalue weighted by Crippen LogP contribution is 2.35. The maximum Gasteiger partial charge on any atom is 0.0623 e. The number of ether oxygens (including phenoxy) is 1. The van der Waals surface area contributed by atoms with Gasteiger partial charge in [0.2, 0.25) is 0 Å². The molecule has 16 heavy (non-hydrogen) atoms. The van der Waals surface area contributed by atoms with Gasteiger partial charge in [0, 0.05) is 7.11 Å². The Morgan fingerprint density at radius 2 is 1.69 bits per heavy atom. The van der Waals surface area contributed by atoms with Crippen molar-refractivity contribution in [1.82, 2.24) is 0 Å². The summed E-state index contributed by atoms with van der Waals surface area (Å²) in [5.74, 6) is 0. The van der Waals surface area contributed by atoms with Gasteiger partial charge in [-0.05, 0) is 51.5 Å². The van der Waals surface area contributed by atoms with E-state index in [9.17, 15) is 0 Å². The van der Waals surface area contributed by atoms with Crippen molar-refractivity contribution in [2.45, 2.75) is 71.8 Å². The molecule has 0 spiro atoms. The van der Waals surface area contributed by atoms with Crippen LogP contribution in [0, 0.1) is 5.41 Å². The van der Waals surface area contributed by atoms with E-state index >= 15 is 0 Å². The zero-order chi connectivity index (χ0) is 12.7. The molecule has 0 amide bonds. The van der Waals surface area contributed by atoms with Gasteiger partial charge in [-0.2, -0.15) is 0 Å². The van der Waals surface area contributed by atoms with Gasteiger partial charge in [0.15, 0.2) is 0 Å². The van der Waals surface area contributed by atoms with E-state index in [-0.39, 0.29) is 5.60 Å². The first-order valence-corrected chi connectivity index (χ1v) is 6.70. The van der Waals surface area contributed by atoms with E-state index in [2.05, 4.69) is 27.7 Å². The lowest BCUT2D eigenvalue weighted by Crippen LogP contribution is -2.33. The molecule has 0 aromatic heterocycles. The normalized spacial score (nSPS) is 16.1. The van der Waals surface area contributed by atoms with Gasteiger partial charge in [-0.3, -0.25) is 0 Å². The zero-order valence-electron chi connectivity index (χ0n) is 11.9. The Bertz CT molecular complexity index is 174. The summed E-state index contributed by atoms with van der Waals surface area (Å²) in [5, 5.41) is 0. The summed E-state index contributed by atoms with van der Waals surface area (Å²) in [5.41, 5.74) is 6.32. The Hall–Kier alpha value is -0.0800. The van der Waals surface area contributed by atoms with Crippen LogP contribution in [0.3, 0.4) is 0 Å². The van der Waals surface area contributed by atoms with Crippen molar-refractivity contribution in [1.29, 1.82) is 0 Å². The standard InChI is InChI=1S/C14H31NO/c1-6-8-9-14(7-2,12-15)11-10-13(3,4)16-5/h6-12,15H2,1-5H3. The molecule has 2 nitrogen and oxygen atoms in total. The third-order valence-electron chi connectivity index (χ3n) is 4.05. The minimum absolute atomic E-state index is 0.0121. The third-order valence-corrected chi connectivity index (χ3v) is 4.05. The molecule has 0 fully saturated rings. The molecule has 0 saturated heterocycles. The molecule has 0 saturated carbocycles. The van der Waals surface area contributed by atoms with E-state index in [1.54, 1.807) is 7.11 Å². The lowest BCUT2D eigenvalue weighted by molar-refractivity contribution is 0.00249. The van der Waals surface area contributed by atoms with Crippen LogP contribution in [0.2, 0.25) is 0 Å². The molecule has 0 heterocycles. The molecule has 0 aliphatic rings. The summed E-state index contributed by atoms with van der Waals surface area (Å²) >= 11 is 0. The Kier molecular flexibility index (Phi) is 7.25. The summed E-state index contributed by atoms with van der Waals surface area (Å²) in [6.45, 7) is 9.63. The summed E-state index contributed by atoms with van der Waals surface area (Å²) in [6.07, 6.45) is 7.27. The maximum absolute atomic E-state index is 5.99. The third kappa shape index (κ3) is 5.31. The molecule has 2 heteroatoms. The average Bonchev–Trinajstić information content (AvgIpc) is 2.30. The van der Waals surface area contributed by atoms with E-state index in [0.717, 1.165) is 13.0 Å². The van der Waals surface area contributed by atoms with Crippen molar-refractivity contribution < 1.29 is 4.74 Å². The van der Waals surface area contributed by atoms with Gasteiger partial charge in [-0.15, -0.1) is 0 Å². The van der Waals surface area contributed by atoms with Crippen LogP contribution in [0.5, 0.6) is 0 Å². The quantitative estimate of drug-likeness (QED) is 0.653. The molecule has 0 aromatic rings. The van der Waals surface area contributed by atoms with Gasteiger partial charge in [0.25, 0.3) is 0 Å². The second-order valence-electron chi connectivity index (χ2n) is 5.63. The molecular weight excluding hydrogens is 198 g/mol. The van der Waals surface area contributed by atoms with Crippen molar-refractivity contribution in [2.24, 2.45) is 11.1 Å². The number of nitrogens with two attached hydrogens (primary N) is 1. The Balaban J connectivity index is 4.31. The lowest BCUT2D eigenvalue weighted by Gasteiger charge is -2.35. The molecule has 0 bridgehead atoms. The summed E-state index contributed by atoms with van der Waals surface area (Å²) in [6, 6.07) is 0. The van der Waals surface area contributed by atoms with Gasteiger partial charge in [-0.25, -0.2) is 0 Å². The number of unbranched alkanes of at least 4 members (excludes halogenated alkanes) is 1. The smallest absolute Gasteiger partial charge is 0.0623 e. The van der Waals surface area contributed by atoms with Crippen LogP contribution < -0.4 is 5.73 Å². The van der Waals surface area contributed by atoms with Crippen LogP contribution in [-0.2, 0) is 4.74 Å². The zero-order valence-corrected chi connectivity index (χ0v) is 11.9. The molecule has 0 radical (unpaired) electrons. The number of methoxy groups -OCH3 is 1. The van der Waals surface area contributed by atoms with Crippen molar-refractivity contribution >= 4 is 0 Å². The second-order valence-corrected chi connectivity index (χ2v) is 5.63. The van der Waals surface area contributed by atoms with Gasteiger partial charge in [0.05, 0.1) is 5.60 Å². The van der Waals surface area contributed by atoms with Crippen LogP contribution in [0.4, 0.5) is 0 Å². The highest BCUT2D eigenvalue weighted by atomic mass is 16.5. The molecule has 98 valence electrons. The van der Waals surface area contributed by atoms with Gasteiger partial charge in [-0.1, -0.05) is 26.7 Å². The summed E-state index contributed by atoms with van der Waals surface area (Å²) in [7, 11) is 1.79. The first-order chi connectivity index (χ1) is 7.45. The van der Waals surface area contributed by atoms with Crippen molar-refractivity contribution in [3.05, 3.63) is 0 Å². The fourth-order valence-corrected chi connectivity index (χ4v) is 2.05. The topological polar surface area (TPSA) is 35.2 Å². The minimum atomic E-state index is -0.0121. The van der Waals surface area contributed by atoms with E-state index in [1.165, 1.54) is 32.1 Å². The summed E-state index contributed by atoms with van der Waals surface area (Å²) < 4.78 is 5.49. The first-order valence-electron chi connectivity index (χ1n) is 6.70. The van der Waals surface area contributed by atoms with Crippen molar-refractivity contribution in [3.8, 4) is 0 Å². The van der Waals surface area contributed by atoms with E-state index in [0.29, 0.717) is 5.41 Å². The molecule has 2 N–H and O–H groups in total. The fourth-order valence-electron chi connectivity index (χ4n) is 2.05. The molecular formula is C14H31NO. The molecule has 0 aliphatic carbocycles. The first kappa shape index (κ1) is 15.9. The Morgan fingerprint density at radius 3 is 2.06 bits per heavy atom. The Labute approximate surface area is 102 Å². The van der Waals surface area contributed by atoms with Crippen LogP contribution in [0.25, 0.3) is 0 Å². The van der Waals surface area contributed by atoms with Crippen LogP contribution in [0.1, 0.15) is 66.2 Å². The van der Waals surface area contributed by atoms with E-state index in [1.807, 2.05) is 0 Å². The Morgan fingerprint density at radius 1 is 1.06 bits per heavy atom. The maximum atomic E-state index is 5.99. The number of hydrogen-bond donors (Lipinski definition) is 1. The van der Waals surface area contributed by atoms with E-state index in [4.69, 9.17) is 10.5 Å². The molecule has 0 aromatic carbocycles. The number of rotatable bonds is 9. The SMILES string of the molecule is CCCCC(CC)(CN)CCC(C)(C)OC. The predicted octanol–water partition coefficient (Wildman–Crippen LogP) is 3.74. The summed E-state index contributed by atoms with van der Waals surface area (Å²) in [4.78, 5) is 0. The molecule has 0 aliphatic heterocycles. The highest BCUT2D eigenvalue weighted by Gasteiger charge is 2.29. The van der Waals surface area contributed by atoms with Crippen molar-refractivity contribution in [2.75, 3.05) is 13.7 Å². The van der Waals surface area contributed by atoms with Crippen LogP contribution in [-0.4, -0.2) is 19.3 Å². The lowest BCUT2D eigenvalue weighted by atomic mass is 9.74. The van der Waals surface area contributed by atoms with Crippen LogP contribution in [0.15, 0.2) is 0 Å².